The first-order valence-electron chi connectivity index (χ1n) is 6.88. The lowest BCUT2D eigenvalue weighted by Gasteiger charge is -2.03. The van der Waals surface area contributed by atoms with Crippen molar-refractivity contribution in [2.45, 2.75) is 0 Å². The minimum atomic E-state index is -0.557. The van der Waals surface area contributed by atoms with Gasteiger partial charge in [-0.05, 0) is 30.4 Å². The van der Waals surface area contributed by atoms with Crippen molar-refractivity contribution in [2.24, 2.45) is 5.10 Å². The van der Waals surface area contributed by atoms with Crippen molar-refractivity contribution in [3.8, 4) is 11.4 Å². The van der Waals surface area contributed by atoms with Crippen molar-refractivity contribution < 1.29 is 4.92 Å². The van der Waals surface area contributed by atoms with E-state index in [1.807, 2.05) is 6.07 Å². The van der Waals surface area contributed by atoms with E-state index in [1.165, 1.54) is 23.0 Å². The molecular weight excluding hydrogens is 385 g/mol. The number of hydrogen-bond acceptors (Lipinski definition) is 5. The van der Waals surface area contributed by atoms with Gasteiger partial charge in [0.15, 0.2) is 5.82 Å². The first-order chi connectivity index (χ1) is 12.0. The van der Waals surface area contributed by atoms with Crippen LogP contribution < -0.4 is 0 Å². The summed E-state index contributed by atoms with van der Waals surface area (Å²) >= 11 is 17.2. The highest BCUT2D eigenvalue weighted by molar-refractivity contribution is 7.71. The Kier molecular flexibility index (Phi) is 4.93. The first-order valence-corrected chi connectivity index (χ1v) is 8.04. The van der Waals surface area contributed by atoms with Gasteiger partial charge in [-0.1, -0.05) is 41.4 Å². The fourth-order valence-electron chi connectivity index (χ4n) is 2.09. The molecule has 0 aliphatic rings. The topological polar surface area (TPSA) is 89.1 Å². The maximum Gasteiger partial charge on any atom is 0.288 e. The number of aromatic nitrogens is 3. The van der Waals surface area contributed by atoms with Crippen molar-refractivity contribution in [1.29, 1.82) is 0 Å². The lowest BCUT2D eigenvalue weighted by molar-refractivity contribution is -0.384. The molecule has 10 heteroatoms. The van der Waals surface area contributed by atoms with Gasteiger partial charge in [-0.15, -0.1) is 0 Å². The molecule has 25 heavy (non-hydrogen) atoms. The van der Waals surface area contributed by atoms with Crippen molar-refractivity contribution >= 4 is 47.3 Å². The number of nitrogens with one attached hydrogen (secondary N) is 1. The van der Waals surface area contributed by atoms with Gasteiger partial charge in [0.05, 0.1) is 16.2 Å². The zero-order chi connectivity index (χ0) is 18.0. The summed E-state index contributed by atoms with van der Waals surface area (Å²) in [5.41, 5.74) is 0.938. The Labute approximate surface area is 156 Å². The Balaban J connectivity index is 2.02. The molecule has 0 aliphatic carbocycles. The summed E-state index contributed by atoms with van der Waals surface area (Å²) in [5, 5.41) is 22.6. The fraction of sp³-hybridized carbons (Fsp3) is 0. The van der Waals surface area contributed by atoms with Gasteiger partial charge in [0.25, 0.3) is 5.69 Å². The summed E-state index contributed by atoms with van der Waals surface area (Å²) in [7, 11) is 0. The minimum Gasteiger partial charge on any atom is -0.258 e. The number of nitrogens with zero attached hydrogens (tertiary/aromatic N) is 4. The lowest BCUT2D eigenvalue weighted by atomic mass is 10.2. The van der Waals surface area contributed by atoms with Crippen molar-refractivity contribution in [1.82, 2.24) is 14.9 Å². The maximum absolute atomic E-state index is 11.0. The Bertz CT molecular complexity index is 1040. The molecule has 0 saturated carbocycles. The monoisotopic (exact) mass is 393 g/mol. The minimum absolute atomic E-state index is 0.0545. The highest BCUT2D eigenvalue weighted by Gasteiger charge is 2.13. The number of hydrogen-bond donors (Lipinski definition) is 1. The summed E-state index contributed by atoms with van der Waals surface area (Å²) in [4.78, 5) is 10.4. The average Bonchev–Trinajstić information content (AvgIpc) is 2.95. The summed E-state index contributed by atoms with van der Waals surface area (Å²) in [6.45, 7) is 0. The molecule has 7 nitrogen and oxygen atoms in total. The Morgan fingerprint density at radius 2 is 2.00 bits per heavy atom. The lowest BCUT2D eigenvalue weighted by Crippen LogP contribution is -1.96. The van der Waals surface area contributed by atoms with E-state index in [9.17, 15) is 10.1 Å². The summed E-state index contributed by atoms with van der Waals surface area (Å²) < 4.78 is 1.64. The molecule has 0 atom stereocenters. The van der Waals surface area contributed by atoms with Crippen LogP contribution >= 0.6 is 35.4 Å². The molecule has 1 heterocycles. The van der Waals surface area contributed by atoms with Crippen molar-refractivity contribution in [3.63, 3.8) is 0 Å². The number of nitro groups is 1. The van der Waals surface area contributed by atoms with E-state index in [0.717, 1.165) is 0 Å². The van der Waals surface area contributed by atoms with Crippen molar-refractivity contribution in [2.75, 3.05) is 0 Å². The van der Waals surface area contributed by atoms with Gasteiger partial charge in [-0.3, -0.25) is 10.1 Å². The van der Waals surface area contributed by atoms with Crippen LogP contribution in [0.15, 0.2) is 47.6 Å². The highest BCUT2D eigenvalue weighted by Crippen LogP contribution is 2.26. The SMILES string of the molecule is O=[N+]([O-])c1cc(C=Nn2c(-c3ccccc3Cl)n[nH]c2=S)ccc1Cl. The molecule has 2 aromatic carbocycles. The van der Waals surface area contributed by atoms with Gasteiger partial charge < -0.3 is 0 Å². The molecule has 3 aromatic rings. The van der Waals surface area contributed by atoms with E-state index in [0.29, 0.717) is 22.0 Å². The van der Waals surface area contributed by atoms with Crippen molar-refractivity contribution in [3.05, 3.63) is 73.0 Å². The highest BCUT2D eigenvalue weighted by atomic mass is 35.5. The fourth-order valence-corrected chi connectivity index (χ4v) is 2.68. The molecule has 0 bridgehead atoms. The molecule has 0 aliphatic heterocycles. The molecule has 0 radical (unpaired) electrons. The Hall–Kier alpha value is -2.55. The van der Waals surface area contributed by atoms with Gasteiger partial charge in [-0.25, -0.2) is 5.10 Å². The van der Waals surface area contributed by atoms with Gasteiger partial charge in [0.2, 0.25) is 4.77 Å². The maximum atomic E-state index is 11.0. The van der Waals surface area contributed by atoms with E-state index in [2.05, 4.69) is 15.3 Å². The van der Waals surface area contributed by atoms with E-state index in [-0.39, 0.29) is 15.5 Å². The molecule has 126 valence electrons. The quantitative estimate of drug-likeness (QED) is 0.301. The molecule has 0 saturated heterocycles. The second-order valence-electron chi connectivity index (χ2n) is 4.86. The van der Waals surface area contributed by atoms with Crippen LogP contribution in [0.1, 0.15) is 5.56 Å². The number of nitro benzene ring substituents is 1. The van der Waals surface area contributed by atoms with Crippen LogP contribution in [0.25, 0.3) is 11.4 Å². The first kappa shape index (κ1) is 17.3. The molecule has 0 amide bonds. The summed E-state index contributed by atoms with van der Waals surface area (Å²) in [5.74, 6) is 0.426. The number of H-pyrrole nitrogens is 1. The Morgan fingerprint density at radius 3 is 2.72 bits per heavy atom. The largest absolute Gasteiger partial charge is 0.288 e. The van der Waals surface area contributed by atoms with Crippen LogP contribution in [-0.2, 0) is 0 Å². The average molecular weight is 394 g/mol. The number of halogens is 2. The zero-order valence-electron chi connectivity index (χ0n) is 12.4. The third kappa shape index (κ3) is 3.60. The van der Waals surface area contributed by atoms with Crippen LogP contribution in [-0.4, -0.2) is 26.0 Å². The summed E-state index contributed by atoms with van der Waals surface area (Å²) in [6, 6.07) is 11.5. The normalized spacial score (nSPS) is 11.1. The number of benzene rings is 2. The van der Waals surface area contributed by atoms with Crippen LogP contribution in [0.2, 0.25) is 10.0 Å². The number of rotatable bonds is 4. The van der Waals surface area contributed by atoms with Crippen LogP contribution in [0.5, 0.6) is 0 Å². The second kappa shape index (κ2) is 7.14. The van der Waals surface area contributed by atoms with E-state index < -0.39 is 4.92 Å². The predicted molar refractivity (Wildman–Crippen MR) is 99.0 cm³/mol. The zero-order valence-corrected chi connectivity index (χ0v) is 14.7. The van der Waals surface area contributed by atoms with Crippen LogP contribution in [0, 0.1) is 14.9 Å². The molecule has 1 N–H and O–H groups in total. The molecule has 0 fully saturated rings. The van der Waals surface area contributed by atoms with E-state index >= 15 is 0 Å². The molecular formula is C15H9Cl2N5O2S. The van der Waals surface area contributed by atoms with E-state index in [1.54, 1.807) is 24.3 Å². The molecule has 0 spiro atoms. The number of aromatic amines is 1. The van der Waals surface area contributed by atoms with E-state index in [4.69, 9.17) is 35.4 Å². The predicted octanol–water partition coefficient (Wildman–Crippen LogP) is 4.70. The molecule has 3 rings (SSSR count). The van der Waals surface area contributed by atoms with Crippen LogP contribution in [0.4, 0.5) is 5.69 Å². The van der Waals surface area contributed by atoms with Gasteiger partial charge in [0, 0.05) is 17.2 Å². The molecule has 1 aromatic heterocycles. The Morgan fingerprint density at radius 1 is 1.24 bits per heavy atom. The third-order valence-electron chi connectivity index (χ3n) is 3.25. The smallest absolute Gasteiger partial charge is 0.258 e. The van der Waals surface area contributed by atoms with Gasteiger partial charge in [-0.2, -0.15) is 14.9 Å². The summed E-state index contributed by atoms with van der Waals surface area (Å²) in [6.07, 6.45) is 1.43. The van der Waals surface area contributed by atoms with Crippen LogP contribution in [0.3, 0.4) is 0 Å². The second-order valence-corrected chi connectivity index (χ2v) is 6.06. The standard InChI is InChI=1S/C15H9Cl2N5O2S/c16-11-4-2-1-3-10(11)14-19-20-15(25)21(14)18-8-9-5-6-12(17)13(7-9)22(23)24/h1-8H,(H,20,25). The molecule has 0 unspecified atom stereocenters. The van der Waals surface area contributed by atoms with Gasteiger partial charge in [0.1, 0.15) is 5.02 Å². The third-order valence-corrected chi connectivity index (χ3v) is 4.17. The van der Waals surface area contributed by atoms with Gasteiger partial charge >= 0.3 is 0 Å².